The molecule has 3 aromatic rings. The number of amides is 1. The van der Waals surface area contributed by atoms with Gasteiger partial charge in [-0.05, 0) is 47.7 Å². The molecule has 32 heavy (non-hydrogen) atoms. The first-order valence-corrected chi connectivity index (χ1v) is 11.1. The highest BCUT2D eigenvalue weighted by Gasteiger charge is 2.32. The number of pyridine rings is 1. The summed E-state index contributed by atoms with van der Waals surface area (Å²) in [7, 11) is 0. The molecule has 0 bridgehead atoms. The molecule has 0 radical (unpaired) electrons. The lowest BCUT2D eigenvalue weighted by Gasteiger charge is -2.25. The van der Waals surface area contributed by atoms with Crippen LogP contribution in [0.3, 0.4) is 0 Å². The molecular formula is C25H27N5O2. The largest absolute Gasteiger partial charge is 0.355 e. The topological polar surface area (TPSA) is 81.1 Å². The summed E-state index contributed by atoms with van der Waals surface area (Å²) in [6.45, 7) is 3.46. The van der Waals surface area contributed by atoms with E-state index >= 15 is 0 Å². The van der Waals surface area contributed by atoms with E-state index in [1.165, 1.54) is 0 Å². The Bertz CT molecular complexity index is 1160. The Morgan fingerprint density at radius 1 is 1.16 bits per heavy atom. The van der Waals surface area contributed by atoms with Gasteiger partial charge in [0, 0.05) is 43.2 Å². The number of hydrazone groups is 1. The van der Waals surface area contributed by atoms with E-state index in [2.05, 4.69) is 51.9 Å². The van der Waals surface area contributed by atoms with Crippen LogP contribution in [0.15, 0.2) is 65.9 Å². The van der Waals surface area contributed by atoms with E-state index in [0.717, 1.165) is 59.5 Å². The molecule has 2 aromatic carbocycles. The Labute approximate surface area is 187 Å². The van der Waals surface area contributed by atoms with Crippen LogP contribution in [-0.4, -0.2) is 46.2 Å². The molecule has 7 nitrogen and oxygen atoms in total. The fourth-order valence-electron chi connectivity index (χ4n) is 4.59. The average Bonchev–Trinajstić information content (AvgIpc) is 3.45. The van der Waals surface area contributed by atoms with Gasteiger partial charge < -0.3 is 10.0 Å². The minimum atomic E-state index is -0.893. The first-order chi connectivity index (χ1) is 15.6. The van der Waals surface area contributed by atoms with Crippen molar-refractivity contribution >= 4 is 28.3 Å². The predicted octanol–water partition coefficient (Wildman–Crippen LogP) is 3.55. The number of anilines is 1. The maximum atomic E-state index is 12.0. The monoisotopic (exact) mass is 429 g/mol. The maximum Gasteiger partial charge on any atom is 0.225 e. The molecule has 1 aromatic heterocycles. The summed E-state index contributed by atoms with van der Waals surface area (Å²) in [6.07, 6.45) is 3.13. The third-order valence-electron chi connectivity index (χ3n) is 6.33. The number of nitrogens with one attached hydrogen (secondary N) is 1. The van der Waals surface area contributed by atoms with Crippen LogP contribution in [0.2, 0.25) is 0 Å². The lowest BCUT2D eigenvalue weighted by Crippen LogP contribution is -2.40. The first kappa shape index (κ1) is 20.5. The number of aliphatic hydroxyl groups excluding tert-OH is 1. The van der Waals surface area contributed by atoms with Crippen LogP contribution in [-0.2, 0) is 4.79 Å². The number of amidine groups is 1. The van der Waals surface area contributed by atoms with Crippen molar-refractivity contribution in [2.45, 2.75) is 32.5 Å². The van der Waals surface area contributed by atoms with Crippen LogP contribution in [0.25, 0.3) is 22.0 Å². The molecule has 164 valence electrons. The van der Waals surface area contributed by atoms with Crippen LogP contribution >= 0.6 is 0 Å². The molecule has 1 amide bonds. The van der Waals surface area contributed by atoms with Gasteiger partial charge in [0.2, 0.25) is 12.3 Å². The van der Waals surface area contributed by atoms with Gasteiger partial charge in [-0.25, -0.2) is 0 Å². The van der Waals surface area contributed by atoms with Gasteiger partial charge in [0.05, 0.1) is 5.52 Å². The van der Waals surface area contributed by atoms with E-state index in [0.29, 0.717) is 12.3 Å². The number of hydrogen-bond donors (Lipinski definition) is 2. The number of hydrogen-bond acceptors (Lipinski definition) is 6. The Morgan fingerprint density at radius 2 is 1.97 bits per heavy atom. The van der Waals surface area contributed by atoms with Gasteiger partial charge >= 0.3 is 0 Å². The Morgan fingerprint density at radius 3 is 2.78 bits per heavy atom. The van der Waals surface area contributed by atoms with Gasteiger partial charge in [0.25, 0.3) is 0 Å². The van der Waals surface area contributed by atoms with Crippen LogP contribution < -0.4 is 10.3 Å². The first-order valence-electron chi connectivity index (χ1n) is 11.1. The molecule has 2 aliphatic rings. The summed E-state index contributed by atoms with van der Waals surface area (Å²) < 4.78 is 0. The average molecular weight is 430 g/mol. The highest BCUT2D eigenvalue weighted by atomic mass is 16.3. The number of aromatic nitrogens is 1. The molecular weight excluding hydrogens is 402 g/mol. The van der Waals surface area contributed by atoms with Crippen molar-refractivity contribution in [2.75, 3.05) is 18.0 Å². The van der Waals surface area contributed by atoms with Crippen LogP contribution in [0, 0.1) is 5.92 Å². The Balaban J connectivity index is 1.32. The number of nitrogens with zero attached hydrogens (tertiary/aromatic N) is 4. The Kier molecular flexibility index (Phi) is 5.49. The highest BCUT2D eigenvalue weighted by Crippen LogP contribution is 2.29. The standard InChI is InChI=1S/C25H27N5O2/c1-2-24(31)29-13-11-17(16-29)14-23-27-28-25(32)30(23)21-9-7-18(8-10-21)20-6-5-19-4-3-12-26-22(19)15-20/h3-10,12,15,17,25,28,32H,2,11,13-14,16H2,1H3/t17-,25?/m0/s1. The van der Waals surface area contributed by atoms with E-state index in [4.69, 9.17) is 0 Å². The quantitative estimate of drug-likeness (QED) is 0.648. The van der Waals surface area contributed by atoms with E-state index in [1.54, 1.807) is 6.20 Å². The lowest BCUT2D eigenvalue weighted by molar-refractivity contribution is -0.129. The summed E-state index contributed by atoms with van der Waals surface area (Å²) in [5, 5.41) is 16.0. The zero-order valence-corrected chi connectivity index (χ0v) is 18.1. The normalized spacial score (nSPS) is 20.5. The highest BCUT2D eigenvalue weighted by molar-refractivity contribution is 5.99. The second-order valence-corrected chi connectivity index (χ2v) is 8.41. The van der Waals surface area contributed by atoms with Gasteiger partial charge in [-0.3, -0.25) is 20.1 Å². The van der Waals surface area contributed by atoms with Crippen LogP contribution in [0.1, 0.15) is 26.2 Å². The molecule has 0 spiro atoms. The summed E-state index contributed by atoms with van der Waals surface area (Å²) in [4.78, 5) is 20.2. The molecule has 2 atom stereocenters. The van der Waals surface area contributed by atoms with E-state index in [-0.39, 0.29) is 5.91 Å². The zero-order valence-electron chi connectivity index (χ0n) is 18.1. The molecule has 5 rings (SSSR count). The number of benzene rings is 2. The van der Waals surface area contributed by atoms with E-state index in [1.807, 2.05) is 34.9 Å². The van der Waals surface area contributed by atoms with Crippen LogP contribution in [0.4, 0.5) is 5.69 Å². The second kappa shape index (κ2) is 8.59. The summed E-state index contributed by atoms with van der Waals surface area (Å²) in [5.74, 6) is 1.36. The van der Waals surface area contributed by atoms with Crippen molar-refractivity contribution < 1.29 is 9.90 Å². The molecule has 7 heteroatoms. The van der Waals surface area contributed by atoms with Gasteiger partial charge in [0.15, 0.2) is 0 Å². The number of fused-ring (bicyclic) bond motifs is 1. The number of rotatable bonds is 5. The van der Waals surface area contributed by atoms with Crippen molar-refractivity contribution in [3.63, 3.8) is 0 Å². The van der Waals surface area contributed by atoms with Gasteiger partial charge in [-0.2, -0.15) is 5.10 Å². The number of aliphatic hydroxyl groups is 1. The summed E-state index contributed by atoms with van der Waals surface area (Å²) in [5.41, 5.74) is 6.82. The van der Waals surface area contributed by atoms with Gasteiger partial charge in [-0.1, -0.05) is 37.3 Å². The van der Waals surface area contributed by atoms with Crippen molar-refractivity contribution in [2.24, 2.45) is 11.0 Å². The second-order valence-electron chi connectivity index (χ2n) is 8.41. The maximum absolute atomic E-state index is 12.0. The zero-order chi connectivity index (χ0) is 22.1. The van der Waals surface area contributed by atoms with Gasteiger partial charge in [0.1, 0.15) is 5.84 Å². The van der Waals surface area contributed by atoms with E-state index in [9.17, 15) is 9.90 Å². The number of carbonyl (C=O) groups excluding carboxylic acids is 1. The van der Waals surface area contributed by atoms with Crippen molar-refractivity contribution in [1.82, 2.24) is 15.3 Å². The number of carbonyl (C=O) groups is 1. The van der Waals surface area contributed by atoms with Crippen molar-refractivity contribution in [1.29, 1.82) is 0 Å². The molecule has 2 aliphatic heterocycles. The molecule has 1 saturated heterocycles. The molecule has 0 saturated carbocycles. The number of likely N-dealkylation sites (tertiary alicyclic amines) is 1. The lowest BCUT2D eigenvalue weighted by atomic mass is 10.0. The SMILES string of the molecule is CCC(=O)N1CC[C@@H](CC2=NNC(O)N2c2ccc(-c3ccc4cccnc4c3)cc2)C1. The minimum absolute atomic E-state index is 0.204. The minimum Gasteiger partial charge on any atom is -0.355 e. The third kappa shape index (κ3) is 3.91. The fourth-order valence-corrected chi connectivity index (χ4v) is 4.59. The van der Waals surface area contributed by atoms with Crippen molar-refractivity contribution in [3.05, 3.63) is 60.8 Å². The van der Waals surface area contributed by atoms with E-state index < -0.39 is 6.35 Å². The van der Waals surface area contributed by atoms with Crippen molar-refractivity contribution in [3.8, 4) is 11.1 Å². The van der Waals surface area contributed by atoms with Gasteiger partial charge in [-0.15, -0.1) is 0 Å². The predicted molar refractivity (Wildman–Crippen MR) is 126 cm³/mol. The third-order valence-corrected chi connectivity index (χ3v) is 6.33. The Hall–Kier alpha value is -3.45. The smallest absolute Gasteiger partial charge is 0.225 e. The molecule has 0 aliphatic carbocycles. The summed E-state index contributed by atoms with van der Waals surface area (Å²) in [6, 6.07) is 18.4. The summed E-state index contributed by atoms with van der Waals surface area (Å²) >= 11 is 0. The van der Waals surface area contributed by atoms with Crippen LogP contribution in [0.5, 0.6) is 0 Å². The molecule has 2 N–H and O–H groups in total. The fraction of sp³-hybridized carbons (Fsp3) is 0.320. The molecule has 1 fully saturated rings. The molecule has 3 heterocycles. The molecule has 1 unspecified atom stereocenters.